The standard InChI is InChI=1S/C18H20N2O3/c1-3-12-23-14-10-8-13(9-11-14)17(21)20-16-7-5-4-6-15(16)18(22)19-2/h4-11H,3,12H2,1-2H3,(H,19,22)(H,20,21). The van der Waals surface area contributed by atoms with E-state index in [9.17, 15) is 9.59 Å². The lowest BCUT2D eigenvalue weighted by atomic mass is 10.1. The van der Waals surface area contributed by atoms with E-state index >= 15 is 0 Å². The Hall–Kier alpha value is -2.82. The van der Waals surface area contributed by atoms with Gasteiger partial charge in [-0.1, -0.05) is 19.1 Å². The van der Waals surface area contributed by atoms with Crippen LogP contribution in [0, 0.1) is 0 Å². The van der Waals surface area contributed by atoms with Crippen LogP contribution in [-0.2, 0) is 0 Å². The van der Waals surface area contributed by atoms with Gasteiger partial charge >= 0.3 is 0 Å². The van der Waals surface area contributed by atoms with Gasteiger partial charge in [-0.25, -0.2) is 0 Å². The summed E-state index contributed by atoms with van der Waals surface area (Å²) in [7, 11) is 1.55. The Kier molecular flexibility index (Phi) is 5.74. The fraction of sp³-hybridized carbons (Fsp3) is 0.222. The normalized spacial score (nSPS) is 10.0. The summed E-state index contributed by atoms with van der Waals surface area (Å²) in [6.45, 7) is 2.68. The van der Waals surface area contributed by atoms with Crippen LogP contribution in [0.15, 0.2) is 48.5 Å². The van der Waals surface area contributed by atoms with Crippen molar-refractivity contribution in [2.75, 3.05) is 19.0 Å². The number of anilines is 1. The van der Waals surface area contributed by atoms with E-state index in [0.29, 0.717) is 23.4 Å². The number of amides is 2. The predicted octanol–water partition coefficient (Wildman–Crippen LogP) is 3.09. The van der Waals surface area contributed by atoms with Gasteiger partial charge in [-0.05, 0) is 42.8 Å². The van der Waals surface area contributed by atoms with E-state index < -0.39 is 0 Å². The van der Waals surface area contributed by atoms with E-state index in [1.807, 2.05) is 6.92 Å². The molecule has 0 bridgehead atoms. The Balaban J connectivity index is 2.12. The molecule has 0 aliphatic heterocycles. The molecule has 5 heteroatoms. The highest BCUT2D eigenvalue weighted by atomic mass is 16.5. The molecule has 0 saturated heterocycles. The van der Waals surface area contributed by atoms with Gasteiger partial charge in [0.15, 0.2) is 0 Å². The van der Waals surface area contributed by atoms with Gasteiger partial charge in [0.2, 0.25) is 0 Å². The Morgan fingerprint density at radius 2 is 1.70 bits per heavy atom. The van der Waals surface area contributed by atoms with Crippen LogP contribution in [0.25, 0.3) is 0 Å². The van der Waals surface area contributed by atoms with Gasteiger partial charge in [0.05, 0.1) is 17.9 Å². The van der Waals surface area contributed by atoms with Crippen LogP contribution in [0.5, 0.6) is 5.75 Å². The highest BCUT2D eigenvalue weighted by Crippen LogP contribution is 2.17. The fourth-order valence-electron chi connectivity index (χ4n) is 2.04. The Bertz CT molecular complexity index is 681. The molecule has 0 aromatic heterocycles. The topological polar surface area (TPSA) is 67.4 Å². The smallest absolute Gasteiger partial charge is 0.255 e. The number of nitrogens with one attached hydrogen (secondary N) is 2. The summed E-state index contributed by atoms with van der Waals surface area (Å²) in [6.07, 6.45) is 0.929. The number of ether oxygens (including phenoxy) is 1. The maximum atomic E-state index is 12.3. The molecule has 0 atom stereocenters. The Morgan fingerprint density at radius 1 is 1.00 bits per heavy atom. The molecule has 2 N–H and O–H groups in total. The maximum Gasteiger partial charge on any atom is 0.255 e. The van der Waals surface area contributed by atoms with Crippen LogP contribution in [0.4, 0.5) is 5.69 Å². The molecule has 0 unspecified atom stereocenters. The van der Waals surface area contributed by atoms with E-state index in [1.54, 1.807) is 55.6 Å². The molecular weight excluding hydrogens is 292 g/mol. The van der Waals surface area contributed by atoms with Gasteiger partial charge < -0.3 is 15.4 Å². The van der Waals surface area contributed by atoms with Gasteiger partial charge in [0, 0.05) is 12.6 Å². The van der Waals surface area contributed by atoms with E-state index in [-0.39, 0.29) is 11.8 Å². The second kappa shape index (κ2) is 7.98. The summed E-state index contributed by atoms with van der Waals surface area (Å²) in [5.41, 5.74) is 1.40. The van der Waals surface area contributed by atoms with Crippen LogP contribution >= 0.6 is 0 Å². The van der Waals surface area contributed by atoms with Crippen molar-refractivity contribution < 1.29 is 14.3 Å². The number of rotatable bonds is 6. The molecule has 2 amide bonds. The molecular formula is C18H20N2O3. The second-order valence-corrected chi connectivity index (χ2v) is 4.95. The van der Waals surface area contributed by atoms with E-state index in [4.69, 9.17) is 4.74 Å². The molecule has 120 valence electrons. The first-order chi connectivity index (χ1) is 11.2. The molecule has 2 aromatic rings. The van der Waals surface area contributed by atoms with Crippen LogP contribution in [0.3, 0.4) is 0 Å². The molecule has 23 heavy (non-hydrogen) atoms. The molecule has 2 rings (SSSR count). The molecule has 5 nitrogen and oxygen atoms in total. The molecule has 2 aromatic carbocycles. The second-order valence-electron chi connectivity index (χ2n) is 4.95. The third-order valence-corrected chi connectivity index (χ3v) is 3.24. The molecule has 0 aliphatic carbocycles. The molecule has 0 heterocycles. The van der Waals surface area contributed by atoms with Crippen LogP contribution in [0.1, 0.15) is 34.1 Å². The summed E-state index contributed by atoms with van der Waals surface area (Å²) in [5, 5.41) is 5.32. The van der Waals surface area contributed by atoms with Crippen LogP contribution < -0.4 is 15.4 Å². The number of hydrogen-bond donors (Lipinski definition) is 2. The minimum absolute atomic E-state index is 0.246. The number of para-hydroxylation sites is 1. The Morgan fingerprint density at radius 3 is 2.35 bits per heavy atom. The average molecular weight is 312 g/mol. The minimum Gasteiger partial charge on any atom is -0.494 e. The summed E-state index contributed by atoms with van der Waals surface area (Å²) >= 11 is 0. The van der Waals surface area contributed by atoms with E-state index in [2.05, 4.69) is 10.6 Å². The largest absolute Gasteiger partial charge is 0.494 e. The summed E-state index contributed by atoms with van der Waals surface area (Å²) in [6, 6.07) is 13.8. The maximum absolute atomic E-state index is 12.3. The fourth-order valence-corrected chi connectivity index (χ4v) is 2.04. The highest BCUT2D eigenvalue weighted by Gasteiger charge is 2.12. The van der Waals surface area contributed by atoms with Crippen molar-refractivity contribution >= 4 is 17.5 Å². The van der Waals surface area contributed by atoms with Crippen LogP contribution in [0.2, 0.25) is 0 Å². The average Bonchev–Trinajstić information content (AvgIpc) is 2.60. The lowest BCUT2D eigenvalue weighted by Crippen LogP contribution is -2.21. The predicted molar refractivity (Wildman–Crippen MR) is 90.0 cm³/mol. The van der Waals surface area contributed by atoms with E-state index in [0.717, 1.165) is 12.2 Å². The summed E-state index contributed by atoms with van der Waals surface area (Å²) < 4.78 is 5.49. The van der Waals surface area contributed by atoms with Crippen molar-refractivity contribution in [3.63, 3.8) is 0 Å². The van der Waals surface area contributed by atoms with Crippen molar-refractivity contribution in [2.45, 2.75) is 13.3 Å². The zero-order valence-electron chi connectivity index (χ0n) is 13.3. The van der Waals surface area contributed by atoms with Gasteiger partial charge in [-0.2, -0.15) is 0 Å². The Labute approximate surface area is 135 Å². The third-order valence-electron chi connectivity index (χ3n) is 3.24. The molecule has 0 spiro atoms. The lowest BCUT2D eigenvalue weighted by molar-refractivity contribution is 0.0964. The zero-order chi connectivity index (χ0) is 16.7. The van der Waals surface area contributed by atoms with Gasteiger partial charge in [0.1, 0.15) is 5.75 Å². The first-order valence-electron chi connectivity index (χ1n) is 7.51. The SMILES string of the molecule is CCCOc1ccc(C(=O)Nc2ccccc2C(=O)NC)cc1. The van der Waals surface area contributed by atoms with Crippen LogP contribution in [-0.4, -0.2) is 25.5 Å². The summed E-state index contributed by atoms with van der Waals surface area (Å²) in [5.74, 6) is 0.210. The van der Waals surface area contributed by atoms with Crippen molar-refractivity contribution in [3.8, 4) is 5.75 Å². The molecule has 0 fully saturated rings. The first kappa shape index (κ1) is 16.5. The summed E-state index contributed by atoms with van der Waals surface area (Å²) in [4.78, 5) is 24.1. The quantitative estimate of drug-likeness (QED) is 0.861. The number of carbonyl (C=O) groups is 2. The van der Waals surface area contributed by atoms with Crippen molar-refractivity contribution in [1.82, 2.24) is 5.32 Å². The first-order valence-corrected chi connectivity index (χ1v) is 7.51. The van der Waals surface area contributed by atoms with Gasteiger partial charge in [-0.3, -0.25) is 9.59 Å². The zero-order valence-corrected chi connectivity index (χ0v) is 13.3. The molecule has 0 aliphatic rings. The van der Waals surface area contributed by atoms with Crippen molar-refractivity contribution in [2.24, 2.45) is 0 Å². The van der Waals surface area contributed by atoms with Crippen molar-refractivity contribution in [3.05, 3.63) is 59.7 Å². The van der Waals surface area contributed by atoms with E-state index in [1.165, 1.54) is 0 Å². The third kappa shape index (κ3) is 4.32. The number of benzene rings is 2. The van der Waals surface area contributed by atoms with Crippen molar-refractivity contribution in [1.29, 1.82) is 0 Å². The molecule has 0 saturated carbocycles. The minimum atomic E-state index is -0.275. The van der Waals surface area contributed by atoms with Gasteiger partial charge in [-0.15, -0.1) is 0 Å². The monoisotopic (exact) mass is 312 g/mol. The lowest BCUT2D eigenvalue weighted by Gasteiger charge is -2.10. The number of carbonyl (C=O) groups excluding carboxylic acids is 2. The number of hydrogen-bond acceptors (Lipinski definition) is 3. The van der Waals surface area contributed by atoms with Gasteiger partial charge in [0.25, 0.3) is 11.8 Å². The molecule has 0 radical (unpaired) electrons. The highest BCUT2D eigenvalue weighted by molar-refractivity contribution is 6.08.